The molecule has 6 nitrogen and oxygen atoms in total. The molecule has 1 saturated heterocycles. The number of rotatable bonds is 3. The molecule has 1 heterocycles. The summed E-state index contributed by atoms with van der Waals surface area (Å²) < 4.78 is 42.9. The summed E-state index contributed by atoms with van der Waals surface area (Å²) in [5.41, 5.74) is 4.83. The number of nitrogens with one attached hydrogen (secondary N) is 1. The number of hydrogen-bond acceptors (Lipinski definition) is 4. The molecule has 0 aromatic heterocycles. The van der Waals surface area contributed by atoms with Gasteiger partial charge in [-0.3, -0.25) is 4.79 Å². The lowest BCUT2D eigenvalue weighted by Gasteiger charge is -2.41. The Morgan fingerprint density at radius 2 is 1.64 bits per heavy atom. The van der Waals surface area contributed by atoms with Crippen molar-refractivity contribution < 1.29 is 27.5 Å². The van der Waals surface area contributed by atoms with E-state index in [1.807, 2.05) is 0 Å². The van der Waals surface area contributed by atoms with Crippen molar-refractivity contribution in [3.8, 4) is 0 Å². The van der Waals surface area contributed by atoms with Crippen molar-refractivity contribution in [2.45, 2.75) is 83.2 Å². The molecular weight excluding hydrogens is 375 g/mol. The molecule has 0 aromatic rings. The monoisotopic (exact) mass is 407 g/mol. The van der Waals surface area contributed by atoms with Crippen molar-refractivity contribution in [2.75, 3.05) is 13.1 Å². The first kappa shape index (κ1) is 22.8. The number of amides is 2. The SMILES string of the molecule is CC(C)(C)OC(=O)N1CCC(N)(NC(=O)C2CCC(CC(F)(F)F)CC2)CC1. The number of ether oxygens (including phenoxy) is 1. The Balaban J connectivity index is 1.78. The average Bonchev–Trinajstić information content (AvgIpc) is 2.52. The molecule has 28 heavy (non-hydrogen) atoms. The molecular formula is C19H32F3N3O3. The van der Waals surface area contributed by atoms with Crippen LogP contribution in [0.5, 0.6) is 0 Å². The molecule has 2 aliphatic rings. The Kier molecular flexibility index (Phi) is 6.89. The molecule has 0 atom stereocenters. The van der Waals surface area contributed by atoms with Crippen LogP contribution in [0.25, 0.3) is 0 Å². The van der Waals surface area contributed by atoms with Crippen LogP contribution in [0.4, 0.5) is 18.0 Å². The normalized spacial score (nSPS) is 25.9. The van der Waals surface area contributed by atoms with Crippen molar-refractivity contribution in [3.05, 3.63) is 0 Å². The van der Waals surface area contributed by atoms with Crippen molar-refractivity contribution in [1.82, 2.24) is 10.2 Å². The van der Waals surface area contributed by atoms with Crippen LogP contribution in [-0.2, 0) is 9.53 Å². The zero-order valence-electron chi connectivity index (χ0n) is 16.9. The Morgan fingerprint density at radius 3 is 2.11 bits per heavy atom. The number of hydrogen-bond donors (Lipinski definition) is 2. The number of carbonyl (C=O) groups is 2. The standard InChI is InChI=1S/C19H32F3N3O3/c1-17(2,3)28-16(27)25-10-8-18(23,9-11-25)24-15(26)14-6-4-13(5-7-14)12-19(20,21)22/h13-14H,4-12,23H2,1-3H3,(H,24,26). The third kappa shape index (κ3) is 7.14. The van der Waals surface area contributed by atoms with E-state index < -0.39 is 35.9 Å². The molecule has 0 radical (unpaired) electrons. The molecule has 9 heteroatoms. The third-order valence-electron chi connectivity index (χ3n) is 5.42. The van der Waals surface area contributed by atoms with Gasteiger partial charge in [-0.05, 0) is 52.4 Å². The lowest BCUT2D eigenvalue weighted by atomic mass is 9.79. The van der Waals surface area contributed by atoms with Gasteiger partial charge in [-0.1, -0.05) is 0 Å². The van der Waals surface area contributed by atoms with E-state index >= 15 is 0 Å². The van der Waals surface area contributed by atoms with Gasteiger partial charge in [0.25, 0.3) is 0 Å². The predicted octanol–water partition coefficient (Wildman–Crippen LogP) is 3.55. The van der Waals surface area contributed by atoms with Crippen LogP contribution in [0.15, 0.2) is 0 Å². The lowest BCUT2D eigenvalue weighted by molar-refractivity contribution is -0.147. The van der Waals surface area contributed by atoms with E-state index in [-0.39, 0.29) is 11.8 Å². The molecule has 2 rings (SSSR count). The molecule has 2 fully saturated rings. The summed E-state index contributed by atoms with van der Waals surface area (Å²) in [6.45, 7) is 6.15. The summed E-state index contributed by atoms with van der Waals surface area (Å²) >= 11 is 0. The molecule has 2 amide bonds. The first-order valence-electron chi connectivity index (χ1n) is 9.92. The molecule has 1 saturated carbocycles. The average molecular weight is 407 g/mol. The highest BCUT2D eigenvalue weighted by molar-refractivity contribution is 5.79. The van der Waals surface area contributed by atoms with Gasteiger partial charge in [0.2, 0.25) is 5.91 Å². The Labute approximate surface area is 164 Å². The number of nitrogens with zero attached hydrogens (tertiary/aromatic N) is 1. The minimum absolute atomic E-state index is 0.196. The predicted molar refractivity (Wildman–Crippen MR) is 98.2 cm³/mol. The summed E-state index contributed by atoms with van der Waals surface area (Å²) in [5, 5.41) is 2.87. The lowest BCUT2D eigenvalue weighted by Crippen LogP contribution is -2.62. The van der Waals surface area contributed by atoms with E-state index in [0.717, 1.165) is 0 Å². The van der Waals surface area contributed by atoms with Crippen LogP contribution in [0.3, 0.4) is 0 Å². The van der Waals surface area contributed by atoms with Gasteiger partial charge in [0.15, 0.2) is 0 Å². The molecule has 1 aliphatic carbocycles. The summed E-state index contributed by atoms with van der Waals surface area (Å²) in [6.07, 6.45) is -2.80. The first-order valence-corrected chi connectivity index (χ1v) is 9.92. The van der Waals surface area contributed by atoms with E-state index in [1.165, 1.54) is 0 Å². The number of likely N-dealkylation sites (tertiary alicyclic amines) is 1. The van der Waals surface area contributed by atoms with E-state index in [0.29, 0.717) is 51.6 Å². The van der Waals surface area contributed by atoms with Crippen LogP contribution in [-0.4, -0.2) is 47.4 Å². The minimum Gasteiger partial charge on any atom is -0.444 e. The third-order valence-corrected chi connectivity index (χ3v) is 5.42. The Hall–Kier alpha value is -1.51. The quantitative estimate of drug-likeness (QED) is 0.701. The molecule has 1 aliphatic heterocycles. The number of halogens is 3. The molecule has 0 spiro atoms. The van der Waals surface area contributed by atoms with E-state index in [2.05, 4.69) is 5.32 Å². The van der Waals surface area contributed by atoms with Gasteiger partial charge in [0.05, 0.1) is 5.66 Å². The second-order valence-electron chi connectivity index (χ2n) is 9.15. The fourth-order valence-corrected chi connectivity index (χ4v) is 3.84. The first-order chi connectivity index (χ1) is 12.8. The van der Waals surface area contributed by atoms with Crippen LogP contribution in [0.1, 0.15) is 65.7 Å². The maximum atomic E-state index is 12.5. The van der Waals surface area contributed by atoms with Gasteiger partial charge in [0, 0.05) is 38.3 Å². The second-order valence-corrected chi connectivity index (χ2v) is 9.15. The smallest absolute Gasteiger partial charge is 0.410 e. The molecule has 0 bridgehead atoms. The highest BCUT2D eigenvalue weighted by Gasteiger charge is 2.39. The largest absolute Gasteiger partial charge is 0.444 e. The van der Waals surface area contributed by atoms with Gasteiger partial charge in [-0.25, -0.2) is 4.79 Å². The maximum Gasteiger partial charge on any atom is 0.410 e. The number of carbonyl (C=O) groups excluding carboxylic acids is 2. The van der Waals surface area contributed by atoms with Crippen molar-refractivity contribution in [2.24, 2.45) is 17.6 Å². The zero-order chi connectivity index (χ0) is 21.2. The minimum atomic E-state index is -4.15. The molecule has 162 valence electrons. The van der Waals surface area contributed by atoms with Crippen molar-refractivity contribution in [3.63, 3.8) is 0 Å². The summed E-state index contributed by atoms with van der Waals surface area (Å²) in [5.74, 6) is -0.888. The van der Waals surface area contributed by atoms with Crippen molar-refractivity contribution in [1.29, 1.82) is 0 Å². The maximum absolute atomic E-state index is 12.5. The van der Waals surface area contributed by atoms with Crippen LogP contribution >= 0.6 is 0 Å². The van der Waals surface area contributed by atoms with Gasteiger partial charge >= 0.3 is 12.3 Å². The Morgan fingerprint density at radius 1 is 1.11 bits per heavy atom. The van der Waals surface area contributed by atoms with Gasteiger partial charge < -0.3 is 20.7 Å². The summed E-state index contributed by atoms with van der Waals surface area (Å²) in [7, 11) is 0. The highest BCUT2D eigenvalue weighted by atomic mass is 19.4. The number of piperidine rings is 1. The zero-order valence-corrected chi connectivity index (χ0v) is 16.9. The molecule has 0 aromatic carbocycles. The fourth-order valence-electron chi connectivity index (χ4n) is 3.84. The van der Waals surface area contributed by atoms with Gasteiger partial charge in [-0.2, -0.15) is 13.2 Å². The van der Waals surface area contributed by atoms with Gasteiger partial charge in [0.1, 0.15) is 5.60 Å². The topological polar surface area (TPSA) is 84.7 Å². The Bertz CT molecular complexity index is 559. The van der Waals surface area contributed by atoms with Gasteiger partial charge in [-0.15, -0.1) is 0 Å². The summed E-state index contributed by atoms with van der Waals surface area (Å²) in [6, 6.07) is 0. The van der Waals surface area contributed by atoms with E-state index in [4.69, 9.17) is 10.5 Å². The van der Waals surface area contributed by atoms with Crippen LogP contribution < -0.4 is 11.1 Å². The second kappa shape index (κ2) is 8.47. The summed E-state index contributed by atoms with van der Waals surface area (Å²) in [4.78, 5) is 26.2. The van der Waals surface area contributed by atoms with Crippen LogP contribution in [0, 0.1) is 11.8 Å². The highest BCUT2D eigenvalue weighted by Crippen LogP contribution is 2.36. The fraction of sp³-hybridized carbons (Fsp3) is 0.895. The van der Waals surface area contributed by atoms with Crippen molar-refractivity contribution >= 4 is 12.0 Å². The molecule has 0 unspecified atom stereocenters. The van der Waals surface area contributed by atoms with E-state index in [1.54, 1.807) is 25.7 Å². The van der Waals surface area contributed by atoms with Crippen LogP contribution in [0.2, 0.25) is 0 Å². The number of alkyl halides is 3. The molecule has 3 N–H and O–H groups in total. The number of nitrogens with two attached hydrogens (primary N) is 1. The van der Waals surface area contributed by atoms with E-state index in [9.17, 15) is 22.8 Å².